The Hall–Kier alpha value is -3.80. The molecule has 1 amide bonds. The third kappa shape index (κ3) is 3.53. The number of amides is 1. The quantitative estimate of drug-likeness (QED) is 0.548. The van der Waals surface area contributed by atoms with Crippen molar-refractivity contribution in [2.75, 3.05) is 10.6 Å². The number of hydrogen-bond donors (Lipinski definition) is 2. The van der Waals surface area contributed by atoms with E-state index in [-0.39, 0.29) is 11.6 Å². The Balaban J connectivity index is 1.60. The summed E-state index contributed by atoms with van der Waals surface area (Å²) in [6.45, 7) is 3.92. The van der Waals surface area contributed by atoms with Crippen LogP contribution in [-0.2, 0) is 0 Å². The fourth-order valence-electron chi connectivity index (χ4n) is 3.06. The molecule has 6 nitrogen and oxygen atoms in total. The van der Waals surface area contributed by atoms with Gasteiger partial charge in [0.2, 0.25) is 5.95 Å². The van der Waals surface area contributed by atoms with Gasteiger partial charge in [0.1, 0.15) is 5.69 Å². The van der Waals surface area contributed by atoms with E-state index < -0.39 is 0 Å². The molecular weight excluding hydrogens is 350 g/mol. The second-order valence-corrected chi connectivity index (χ2v) is 6.49. The Kier molecular flexibility index (Phi) is 4.68. The summed E-state index contributed by atoms with van der Waals surface area (Å²) in [5.41, 5.74) is 4.70. The Morgan fingerprint density at radius 1 is 0.857 bits per heavy atom. The smallest absolute Gasteiger partial charge is 0.274 e. The zero-order valence-electron chi connectivity index (χ0n) is 15.6. The van der Waals surface area contributed by atoms with Crippen LogP contribution in [0.5, 0.6) is 0 Å². The molecule has 0 fully saturated rings. The van der Waals surface area contributed by atoms with Gasteiger partial charge >= 0.3 is 0 Å². The number of nitrogens with zero attached hydrogens (tertiary/aromatic N) is 3. The third-order valence-corrected chi connectivity index (χ3v) is 4.49. The summed E-state index contributed by atoms with van der Waals surface area (Å²) in [6.07, 6.45) is 3.30. The Labute approximate surface area is 162 Å². The molecule has 4 aromatic rings. The zero-order chi connectivity index (χ0) is 19.5. The molecule has 0 saturated carbocycles. The van der Waals surface area contributed by atoms with Crippen LogP contribution in [0.1, 0.15) is 21.6 Å². The summed E-state index contributed by atoms with van der Waals surface area (Å²) in [7, 11) is 0. The standard InChI is InChI=1S/C22H19N5O/c1-14-6-3-7-15(2)19(14)27-21(28)18-11-13-24-22(26-18)25-17-10-4-8-16-9-5-12-23-20(16)17/h3-13H,1-2H3,(H,27,28)(H,24,25,26). The number of nitrogens with one attached hydrogen (secondary N) is 2. The largest absolute Gasteiger partial charge is 0.322 e. The zero-order valence-corrected chi connectivity index (χ0v) is 15.6. The lowest BCUT2D eigenvalue weighted by atomic mass is 10.1. The molecule has 0 aliphatic heterocycles. The van der Waals surface area contributed by atoms with Gasteiger partial charge in [-0.2, -0.15) is 0 Å². The first-order valence-electron chi connectivity index (χ1n) is 8.93. The fourth-order valence-corrected chi connectivity index (χ4v) is 3.06. The molecule has 0 atom stereocenters. The minimum absolute atomic E-state index is 0.279. The minimum Gasteiger partial charge on any atom is -0.322 e. The van der Waals surface area contributed by atoms with Crippen molar-refractivity contribution in [1.82, 2.24) is 15.0 Å². The SMILES string of the molecule is Cc1cccc(C)c1NC(=O)c1ccnc(Nc2cccc3cccnc23)n1. The van der Waals surface area contributed by atoms with Crippen LogP contribution in [0.4, 0.5) is 17.3 Å². The van der Waals surface area contributed by atoms with E-state index in [0.717, 1.165) is 33.4 Å². The van der Waals surface area contributed by atoms with Crippen LogP contribution in [-0.4, -0.2) is 20.9 Å². The van der Waals surface area contributed by atoms with Gasteiger partial charge in [0.25, 0.3) is 5.91 Å². The molecule has 138 valence electrons. The summed E-state index contributed by atoms with van der Waals surface area (Å²) in [6, 6.07) is 17.2. The van der Waals surface area contributed by atoms with E-state index in [1.807, 2.05) is 62.4 Å². The fraction of sp³-hybridized carbons (Fsp3) is 0.0909. The van der Waals surface area contributed by atoms with Gasteiger partial charge in [-0.25, -0.2) is 9.97 Å². The summed E-state index contributed by atoms with van der Waals surface area (Å²) in [5.74, 6) is 0.0613. The number of benzene rings is 2. The van der Waals surface area contributed by atoms with Gasteiger partial charge in [0.05, 0.1) is 11.2 Å². The summed E-state index contributed by atoms with van der Waals surface area (Å²) >= 11 is 0. The summed E-state index contributed by atoms with van der Waals surface area (Å²) in [5, 5.41) is 7.12. The number of rotatable bonds is 4. The number of hydrogen-bond acceptors (Lipinski definition) is 5. The first kappa shape index (κ1) is 17.6. The Morgan fingerprint density at radius 3 is 2.43 bits per heavy atom. The molecule has 2 aromatic heterocycles. The predicted octanol–water partition coefficient (Wildman–Crippen LogP) is 4.64. The molecule has 0 spiro atoms. The van der Waals surface area contributed by atoms with E-state index in [9.17, 15) is 4.79 Å². The highest BCUT2D eigenvalue weighted by atomic mass is 16.1. The van der Waals surface area contributed by atoms with Crippen LogP contribution in [0.2, 0.25) is 0 Å². The van der Waals surface area contributed by atoms with Gasteiger partial charge in [0.15, 0.2) is 0 Å². The van der Waals surface area contributed by atoms with Crippen molar-refractivity contribution < 1.29 is 4.79 Å². The van der Waals surface area contributed by atoms with E-state index in [2.05, 4.69) is 25.6 Å². The van der Waals surface area contributed by atoms with Crippen LogP contribution >= 0.6 is 0 Å². The highest BCUT2D eigenvalue weighted by Crippen LogP contribution is 2.23. The number of para-hydroxylation sites is 2. The van der Waals surface area contributed by atoms with E-state index in [0.29, 0.717) is 5.95 Å². The van der Waals surface area contributed by atoms with Gasteiger partial charge < -0.3 is 10.6 Å². The van der Waals surface area contributed by atoms with E-state index in [1.54, 1.807) is 18.5 Å². The first-order valence-corrected chi connectivity index (χ1v) is 8.93. The van der Waals surface area contributed by atoms with Crippen LogP contribution in [0, 0.1) is 13.8 Å². The maximum absolute atomic E-state index is 12.7. The van der Waals surface area contributed by atoms with Gasteiger partial charge in [-0.3, -0.25) is 9.78 Å². The van der Waals surface area contributed by atoms with Crippen LogP contribution in [0.3, 0.4) is 0 Å². The Morgan fingerprint density at radius 2 is 1.61 bits per heavy atom. The van der Waals surface area contributed by atoms with Crippen molar-refractivity contribution in [2.24, 2.45) is 0 Å². The van der Waals surface area contributed by atoms with Crippen molar-refractivity contribution in [3.05, 3.63) is 83.8 Å². The van der Waals surface area contributed by atoms with Gasteiger partial charge in [-0.05, 0) is 43.2 Å². The molecule has 0 aliphatic carbocycles. The van der Waals surface area contributed by atoms with Crippen molar-refractivity contribution >= 4 is 34.1 Å². The number of pyridine rings is 1. The minimum atomic E-state index is -0.279. The van der Waals surface area contributed by atoms with Crippen molar-refractivity contribution in [2.45, 2.75) is 13.8 Å². The molecule has 0 unspecified atom stereocenters. The third-order valence-electron chi connectivity index (χ3n) is 4.49. The molecule has 28 heavy (non-hydrogen) atoms. The monoisotopic (exact) mass is 369 g/mol. The predicted molar refractivity (Wildman–Crippen MR) is 111 cm³/mol. The van der Waals surface area contributed by atoms with E-state index in [4.69, 9.17) is 0 Å². The first-order chi connectivity index (χ1) is 13.6. The molecule has 2 N–H and O–H groups in total. The number of anilines is 3. The van der Waals surface area contributed by atoms with Crippen molar-refractivity contribution in [1.29, 1.82) is 0 Å². The molecule has 0 saturated heterocycles. The van der Waals surface area contributed by atoms with Crippen LogP contribution in [0.25, 0.3) is 10.9 Å². The second kappa shape index (κ2) is 7.44. The van der Waals surface area contributed by atoms with Crippen molar-refractivity contribution in [3.63, 3.8) is 0 Å². The lowest BCUT2D eigenvalue weighted by Gasteiger charge is -2.12. The average Bonchev–Trinajstić information content (AvgIpc) is 2.71. The number of carbonyl (C=O) groups is 1. The molecule has 4 rings (SSSR count). The lowest BCUT2D eigenvalue weighted by Crippen LogP contribution is -2.16. The molecule has 6 heteroatoms. The van der Waals surface area contributed by atoms with Crippen LogP contribution in [0.15, 0.2) is 67.0 Å². The highest BCUT2D eigenvalue weighted by Gasteiger charge is 2.12. The van der Waals surface area contributed by atoms with Gasteiger partial charge in [-0.1, -0.05) is 36.4 Å². The molecule has 0 radical (unpaired) electrons. The molecule has 2 aromatic carbocycles. The second-order valence-electron chi connectivity index (χ2n) is 6.49. The summed E-state index contributed by atoms with van der Waals surface area (Å²) in [4.78, 5) is 25.7. The van der Waals surface area contributed by atoms with Gasteiger partial charge in [0, 0.05) is 23.5 Å². The lowest BCUT2D eigenvalue weighted by molar-refractivity contribution is 0.102. The number of aromatic nitrogens is 3. The maximum Gasteiger partial charge on any atom is 0.274 e. The Bertz CT molecular complexity index is 1150. The molecular formula is C22H19N5O. The number of carbonyl (C=O) groups excluding carboxylic acids is 1. The normalized spacial score (nSPS) is 10.6. The molecule has 0 bridgehead atoms. The van der Waals surface area contributed by atoms with Crippen molar-refractivity contribution in [3.8, 4) is 0 Å². The number of aryl methyl sites for hydroxylation is 2. The topological polar surface area (TPSA) is 79.8 Å². The average molecular weight is 369 g/mol. The van der Waals surface area contributed by atoms with E-state index in [1.165, 1.54) is 0 Å². The summed E-state index contributed by atoms with van der Waals surface area (Å²) < 4.78 is 0. The number of fused-ring (bicyclic) bond motifs is 1. The van der Waals surface area contributed by atoms with Crippen LogP contribution < -0.4 is 10.6 Å². The van der Waals surface area contributed by atoms with Gasteiger partial charge in [-0.15, -0.1) is 0 Å². The highest BCUT2D eigenvalue weighted by molar-refractivity contribution is 6.04. The molecule has 0 aliphatic rings. The maximum atomic E-state index is 12.7. The molecule has 2 heterocycles. The van der Waals surface area contributed by atoms with E-state index >= 15 is 0 Å².